The molecule has 1 aromatic heterocycles. The van der Waals surface area contributed by atoms with Crippen LogP contribution in [0.4, 0.5) is 0 Å². The molecule has 78 valence electrons. The molecule has 0 spiro atoms. The molecule has 0 atom stereocenters. The molecule has 2 heteroatoms. The number of benzene rings is 1. The van der Waals surface area contributed by atoms with Gasteiger partial charge in [0.25, 0.3) is 0 Å². The minimum atomic E-state index is 0.958. The van der Waals surface area contributed by atoms with Crippen molar-refractivity contribution < 1.29 is 4.57 Å². The summed E-state index contributed by atoms with van der Waals surface area (Å²) in [6, 6.07) is 10.5. The van der Waals surface area contributed by atoms with Crippen LogP contribution in [0.5, 0.6) is 0 Å². The summed E-state index contributed by atoms with van der Waals surface area (Å²) in [5, 5.41) is 0. The summed E-state index contributed by atoms with van der Waals surface area (Å²) in [5.41, 5.74) is 2.65. The minimum Gasteiger partial charge on any atom is -0.237 e. The number of imidazole rings is 1. The second kappa shape index (κ2) is 4.30. The highest BCUT2D eigenvalue weighted by Gasteiger charge is 2.08. The second-order valence-electron chi connectivity index (χ2n) is 3.83. The normalized spacial score (nSPS) is 10.5. The number of aromatic nitrogens is 2. The van der Waals surface area contributed by atoms with Crippen LogP contribution in [0.1, 0.15) is 18.2 Å². The van der Waals surface area contributed by atoms with Crippen LogP contribution < -0.4 is 4.57 Å². The van der Waals surface area contributed by atoms with Crippen molar-refractivity contribution in [2.45, 2.75) is 26.9 Å². The lowest BCUT2D eigenvalue weighted by Gasteiger charge is -1.98. The third kappa shape index (κ3) is 2.27. The van der Waals surface area contributed by atoms with Crippen LogP contribution in [-0.4, -0.2) is 4.57 Å². The smallest absolute Gasteiger partial charge is 0.237 e. The van der Waals surface area contributed by atoms with Crippen LogP contribution in [0.2, 0.25) is 0 Å². The van der Waals surface area contributed by atoms with Gasteiger partial charge in [0.15, 0.2) is 0 Å². The van der Waals surface area contributed by atoms with Crippen LogP contribution in [0.15, 0.2) is 42.9 Å². The average molecular weight is 201 g/mol. The first-order valence-electron chi connectivity index (χ1n) is 5.39. The Hall–Kier alpha value is -1.57. The topological polar surface area (TPSA) is 8.81 Å². The van der Waals surface area contributed by atoms with E-state index in [4.69, 9.17) is 0 Å². The Morgan fingerprint density at radius 3 is 2.53 bits per heavy atom. The van der Waals surface area contributed by atoms with Crippen LogP contribution in [0.3, 0.4) is 0 Å². The van der Waals surface area contributed by atoms with E-state index in [0.29, 0.717) is 0 Å². The first-order valence-corrected chi connectivity index (χ1v) is 5.39. The number of rotatable bonds is 3. The third-order valence-electron chi connectivity index (χ3n) is 2.65. The SMILES string of the molecule is CC[n+]1cc(C)n(Cc2ccccc2)c1. The summed E-state index contributed by atoms with van der Waals surface area (Å²) in [7, 11) is 0. The van der Waals surface area contributed by atoms with E-state index in [2.05, 4.69) is 65.8 Å². The number of hydrogen-bond donors (Lipinski definition) is 0. The zero-order valence-corrected chi connectivity index (χ0v) is 9.35. The van der Waals surface area contributed by atoms with E-state index >= 15 is 0 Å². The molecule has 0 aliphatic rings. The van der Waals surface area contributed by atoms with E-state index in [1.165, 1.54) is 11.3 Å². The zero-order chi connectivity index (χ0) is 10.7. The van der Waals surface area contributed by atoms with Crippen molar-refractivity contribution in [3.05, 3.63) is 54.1 Å². The van der Waals surface area contributed by atoms with Gasteiger partial charge in [0, 0.05) is 6.92 Å². The summed E-state index contributed by atoms with van der Waals surface area (Å²) >= 11 is 0. The van der Waals surface area contributed by atoms with E-state index in [1.807, 2.05) is 0 Å². The molecule has 1 heterocycles. The Morgan fingerprint density at radius 2 is 1.93 bits per heavy atom. The van der Waals surface area contributed by atoms with Gasteiger partial charge in [-0.15, -0.1) is 0 Å². The van der Waals surface area contributed by atoms with Crippen LogP contribution in [-0.2, 0) is 13.1 Å². The Balaban J connectivity index is 2.21. The Bertz CT molecular complexity index is 429. The summed E-state index contributed by atoms with van der Waals surface area (Å²) in [4.78, 5) is 0. The van der Waals surface area contributed by atoms with E-state index in [-0.39, 0.29) is 0 Å². The fourth-order valence-electron chi connectivity index (χ4n) is 1.74. The van der Waals surface area contributed by atoms with Crippen molar-refractivity contribution in [2.75, 3.05) is 0 Å². The van der Waals surface area contributed by atoms with Crippen molar-refractivity contribution in [3.8, 4) is 0 Å². The van der Waals surface area contributed by atoms with Crippen molar-refractivity contribution in [1.82, 2.24) is 4.57 Å². The van der Waals surface area contributed by atoms with Gasteiger partial charge in [0.2, 0.25) is 6.33 Å². The van der Waals surface area contributed by atoms with Crippen molar-refractivity contribution in [3.63, 3.8) is 0 Å². The van der Waals surface area contributed by atoms with Crippen LogP contribution in [0, 0.1) is 6.92 Å². The first kappa shape index (κ1) is 9.97. The maximum Gasteiger partial charge on any atom is 0.244 e. The fourth-order valence-corrected chi connectivity index (χ4v) is 1.74. The van der Waals surface area contributed by atoms with Gasteiger partial charge in [-0.05, 0) is 12.5 Å². The molecule has 0 saturated carbocycles. The molecular formula is C13H17N2+. The molecule has 15 heavy (non-hydrogen) atoms. The second-order valence-corrected chi connectivity index (χ2v) is 3.83. The monoisotopic (exact) mass is 201 g/mol. The Labute approximate surface area is 90.8 Å². The van der Waals surface area contributed by atoms with Crippen LogP contribution >= 0.6 is 0 Å². The molecule has 0 N–H and O–H groups in total. The standard InChI is InChI=1S/C13H17N2/c1-3-14-9-12(2)15(11-14)10-13-7-5-4-6-8-13/h4-9,11H,3,10H2,1-2H3/q+1. The molecule has 1 aromatic carbocycles. The molecule has 0 aliphatic heterocycles. The predicted molar refractivity (Wildman–Crippen MR) is 60.6 cm³/mol. The summed E-state index contributed by atoms with van der Waals surface area (Å²) in [5.74, 6) is 0. The van der Waals surface area contributed by atoms with Gasteiger partial charge in [0.1, 0.15) is 18.4 Å². The highest BCUT2D eigenvalue weighted by Crippen LogP contribution is 2.04. The predicted octanol–water partition coefficient (Wildman–Crippen LogP) is 2.15. The molecule has 0 amide bonds. The van der Waals surface area contributed by atoms with E-state index in [0.717, 1.165) is 13.1 Å². The van der Waals surface area contributed by atoms with Gasteiger partial charge >= 0.3 is 0 Å². The van der Waals surface area contributed by atoms with E-state index in [1.54, 1.807) is 0 Å². The first-order chi connectivity index (χ1) is 7.29. The highest BCUT2D eigenvalue weighted by molar-refractivity contribution is 5.15. The molecule has 0 bridgehead atoms. The van der Waals surface area contributed by atoms with Crippen molar-refractivity contribution >= 4 is 0 Å². The lowest BCUT2D eigenvalue weighted by molar-refractivity contribution is -0.693. The van der Waals surface area contributed by atoms with Gasteiger partial charge in [-0.3, -0.25) is 0 Å². The molecule has 2 nitrogen and oxygen atoms in total. The van der Waals surface area contributed by atoms with Gasteiger partial charge in [0.05, 0.1) is 6.54 Å². The van der Waals surface area contributed by atoms with Gasteiger partial charge in [-0.2, -0.15) is 0 Å². The third-order valence-corrected chi connectivity index (χ3v) is 2.65. The quantitative estimate of drug-likeness (QED) is 0.673. The lowest BCUT2D eigenvalue weighted by Crippen LogP contribution is -2.28. The maximum absolute atomic E-state index is 2.28. The Kier molecular flexibility index (Phi) is 2.86. The maximum atomic E-state index is 2.28. The average Bonchev–Trinajstić information content (AvgIpc) is 2.61. The summed E-state index contributed by atoms with van der Waals surface area (Å²) in [6.07, 6.45) is 4.35. The number of hydrogen-bond acceptors (Lipinski definition) is 0. The lowest BCUT2D eigenvalue weighted by atomic mass is 10.2. The molecule has 2 rings (SSSR count). The van der Waals surface area contributed by atoms with Crippen molar-refractivity contribution in [2.24, 2.45) is 0 Å². The van der Waals surface area contributed by atoms with Crippen LogP contribution in [0.25, 0.3) is 0 Å². The largest absolute Gasteiger partial charge is 0.244 e. The van der Waals surface area contributed by atoms with Gasteiger partial charge < -0.3 is 0 Å². The zero-order valence-electron chi connectivity index (χ0n) is 9.35. The minimum absolute atomic E-state index is 0.958. The fraction of sp³-hybridized carbons (Fsp3) is 0.308. The van der Waals surface area contributed by atoms with Crippen molar-refractivity contribution in [1.29, 1.82) is 0 Å². The molecular weight excluding hydrogens is 184 g/mol. The number of aryl methyl sites for hydroxylation is 2. The molecule has 0 saturated heterocycles. The number of nitrogens with zero attached hydrogens (tertiary/aromatic N) is 2. The Morgan fingerprint density at radius 1 is 1.20 bits per heavy atom. The summed E-state index contributed by atoms with van der Waals surface area (Å²) < 4.78 is 4.48. The molecule has 0 radical (unpaired) electrons. The highest BCUT2D eigenvalue weighted by atomic mass is 15.1. The molecule has 0 aliphatic carbocycles. The van der Waals surface area contributed by atoms with Gasteiger partial charge in [-0.25, -0.2) is 9.13 Å². The molecule has 0 fully saturated rings. The molecule has 0 unspecified atom stereocenters. The molecule has 2 aromatic rings. The van der Waals surface area contributed by atoms with E-state index < -0.39 is 0 Å². The van der Waals surface area contributed by atoms with E-state index in [9.17, 15) is 0 Å². The summed E-state index contributed by atoms with van der Waals surface area (Å²) in [6.45, 7) is 6.30. The van der Waals surface area contributed by atoms with Gasteiger partial charge in [-0.1, -0.05) is 30.3 Å².